The molecule has 0 fully saturated rings. The quantitative estimate of drug-likeness (QED) is 0.407. The summed E-state index contributed by atoms with van der Waals surface area (Å²) < 4.78 is 26.3. The lowest BCUT2D eigenvalue weighted by Gasteiger charge is -2.12. The molecule has 0 aliphatic carbocycles. The van der Waals surface area contributed by atoms with Crippen LogP contribution in [-0.2, 0) is 10.8 Å². The Kier molecular flexibility index (Phi) is 2.77. The van der Waals surface area contributed by atoms with Crippen LogP contribution in [0.15, 0.2) is 23.2 Å². The fourth-order valence-electron chi connectivity index (χ4n) is 1.18. The fourth-order valence-corrected chi connectivity index (χ4v) is 1.18. The normalized spacial score (nSPS) is 10.9. The molecular formula is C10H9F2NO. The summed E-state index contributed by atoms with van der Waals surface area (Å²) in [5.41, 5.74) is 0.854. The van der Waals surface area contributed by atoms with E-state index in [0.717, 1.165) is 6.08 Å². The van der Waals surface area contributed by atoms with Crippen molar-refractivity contribution in [3.8, 4) is 0 Å². The van der Waals surface area contributed by atoms with Crippen LogP contribution in [0.25, 0.3) is 0 Å². The predicted octanol–water partition coefficient (Wildman–Crippen LogP) is 2.69. The second-order valence-corrected chi connectivity index (χ2v) is 3.06. The number of aliphatic imine (C=N–C) groups is 1. The van der Waals surface area contributed by atoms with Crippen molar-refractivity contribution in [3.63, 3.8) is 0 Å². The fraction of sp³-hybridized carbons (Fsp3) is 0.300. The van der Waals surface area contributed by atoms with Crippen LogP contribution in [0, 0.1) is 13.8 Å². The molecule has 1 aromatic carbocycles. The number of hydrogen-bond donors (Lipinski definition) is 0. The minimum absolute atomic E-state index is 0.249. The van der Waals surface area contributed by atoms with Crippen LogP contribution in [0.5, 0.6) is 0 Å². The van der Waals surface area contributed by atoms with Crippen molar-refractivity contribution in [2.45, 2.75) is 19.9 Å². The van der Waals surface area contributed by atoms with E-state index in [1.165, 1.54) is 6.07 Å². The van der Waals surface area contributed by atoms with E-state index in [1.807, 2.05) is 0 Å². The third-order valence-corrected chi connectivity index (χ3v) is 1.90. The topological polar surface area (TPSA) is 29.4 Å². The molecule has 74 valence electrons. The molecule has 0 spiro atoms. The van der Waals surface area contributed by atoms with Crippen LogP contribution in [-0.4, -0.2) is 6.08 Å². The second kappa shape index (κ2) is 3.68. The average Bonchev–Trinajstić information content (AvgIpc) is 2.09. The smallest absolute Gasteiger partial charge is 0.211 e. The molecule has 2 nitrogen and oxygen atoms in total. The Labute approximate surface area is 80.3 Å². The molecule has 14 heavy (non-hydrogen) atoms. The molecule has 0 bridgehead atoms. The number of halogens is 2. The van der Waals surface area contributed by atoms with Crippen LogP contribution in [0.2, 0.25) is 0 Å². The molecule has 1 rings (SSSR count). The lowest BCUT2D eigenvalue weighted by atomic mass is 10.0. The summed E-state index contributed by atoms with van der Waals surface area (Å²) in [6, 6.07) is 1.13. The van der Waals surface area contributed by atoms with Gasteiger partial charge in [0.1, 0.15) is 0 Å². The van der Waals surface area contributed by atoms with Gasteiger partial charge in [0.2, 0.25) is 6.08 Å². The van der Waals surface area contributed by atoms with Crippen molar-refractivity contribution in [1.29, 1.82) is 0 Å². The van der Waals surface area contributed by atoms with Crippen molar-refractivity contribution < 1.29 is 13.6 Å². The molecular weight excluding hydrogens is 188 g/mol. The number of rotatable bonds is 2. The summed E-state index contributed by atoms with van der Waals surface area (Å²) in [6.07, 6.45) is 0.878. The van der Waals surface area contributed by atoms with Crippen molar-refractivity contribution in [2.75, 3.05) is 0 Å². The molecule has 0 atom stereocenters. The highest BCUT2D eigenvalue weighted by Crippen LogP contribution is 2.31. The first-order valence-electron chi connectivity index (χ1n) is 4.02. The van der Waals surface area contributed by atoms with E-state index in [-0.39, 0.29) is 5.56 Å². The van der Waals surface area contributed by atoms with E-state index in [9.17, 15) is 13.6 Å². The highest BCUT2D eigenvalue weighted by Gasteiger charge is 2.32. The van der Waals surface area contributed by atoms with Gasteiger partial charge in [-0.15, -0.1) is 4.99 Å². The number of benzene rings is 1. The zero-order valence-electron chi connectivity index (χ0n) is 7.84. The molecule has 0 amide bonds. The van der Waals surface area contributed by atoms with Gasteiger partial charge in [0, 0.05) is 5.56 Å². The summed E-state index contributed by atoms with van der Waals surface area (Å²) in [4.78, 5) is 12.3. The van der Waals surface area contributed by atoms with Crippen molar-refractivity contribution in [1.82, 2.24) is 0 Å². The van der Waals surface area contributed by atoms with E-state index in [1.54, 1.807) is 26.0 Å². The minimum atomic E-state index is -3.47. The van der Waals surface area contributed by atoms with Gasteiger partial charge >= 0.3 is 6.05 Å². The number of aryl methyl sites for hydroxylation is 2. The summed E-state index contributed by atoms with van der Waals surface area (Å²) in [5.74, 6) is 0. The highest BCUT2D eigenvalue weighted by molar-refractivity contribution is 5.39. The summed E-state index contributed by atoms with van der Waals surface area (Å²) in [6.45, 7) is 3.24. The SMILES string of the molecule is Cc1ccc(C)c(C(F)(F)N=C=O)c1. The molecule has 0 aromatic heterocycles. The Morgan fingerprint density at radius 1 is 1.36 bits per heavy atom. The largest absolute Gasteiger partial charge is 0.379 e. The van der Waals surface area contributed by atoms with Crippen molar-refractivity contribution in [2.24, 2.45) is 4.99 Å². The Bertz CT molecular complexity index is 395. The number of nitrogens with zero attached hydrogens (tertiary/aromatic N) is 1. The second-order valence-electron chi connectivity index (χ2n) is 3.06. The molecule has 1 aromatic rings. The van der Waals surface area contributed by atoms with Gasteiger partial charge in [0.15, 0.2) is 0 Å². The average molecular weight is 197 g/mol. The van der Waals surface area contributed by atoms with E-state index in [4.69, 9.17) is 0 Å². The van der Waals surface area contributed by atoms with Crippen LogP contribution in [0.3, 0.4) is 0 Å². The third-order valence-electron chi connectivity index (χ3n) is 1.90. The highest BCUT2D eigenvalue weighted by atomic mass is 19.3. The Balaban J connectivity index is 3.30. The van der Waals surface area contributed by atoms with E-state index in [0.29, 0.717) is 11.1 Å². The monoisotopic (exact) mass is 197 g/mol. The first-order valence-corrected chi connectivity index (χ1v) is 4.02. The number of alkyl halides is 2. The van der Waals surface area contributed by atoms with Crippen LogP contribution in [0.4, 0.5) is 8.78 Å². The summed E-state index contributed by atoms with van der Waals surface area (Å²) in [7, 11) is 0. The van der Waals surface area contributed by atoms with Gasteiger partial charge in [-0.05, 0) is 25.5 Å². The Morgan fingerprint density at radius 2 is 2.00 bits per heavy atom. The molecule has 0 saturated carbocycles. The van der Waals surface area contributed by atoms with Crippen molar-refractivity contribution in [3.05, 3.63) is 34.9 Å². The standard InChI is InChI=1S/C10H9F2NO/c1-7-3-4-8(2)9(5-7)10(11,12)13-6-14/h3-5H,1-2H3. The van der Waals surface area contributed by atoms with Gasteiger partial charge < -0.3 is 0 Å². The zero-order chi connectivity index (χ0) is 10.8. The van der Waals surface area contributed by atoms with Gasteiger partial charge in [-0.3, -0.25) is 0 Å². The molecule has 0 aliphatic heterocycles. The minimum Gasteiger partial charge on any atom is -0.211 e. The number of carbonyl (C=O) groups excluding carboxylic acids is 1. The molecule has 0 unspecified atom stereocenters. The molecule has 0 heterocycles. The van der Waals surface area contributed by atoms with E-state index >= 15 is 0 Å². The molecule has 0 saturated heterocycles. The molecule has 0 aliphatic rings. The van der Waals surface area contributed by atoms with Crippen LogP contribution < -0.4 is 0 Å². The van der Waals surface area contributed by atoms with Gasteiger partial charge in [-0.25, -0.2) is 4.79 Å². The molecule has 0 N–H and O–H groups in total. The number of hydrogen-bond acceptors (Lipinski definition) is 2. The van der Waals surface area contributed by atoms with Gasteiger partial charge in [0.05, 0.1) is 0 Å². The summed E-state index contributed by atoms with van der Waals surface area (Å²) >= 11 is 0. The lowest BCUT2D eigenvalue weighted by molar-refractivity contribution is 0.00549. The maximum absolute atomic E-state index is 13.2. The molecule has 0 radical (unpaired) electrons. The number of isocyanates is 1. The summed E-state index contributed by atoms with van der Waals surface area (Å²) in [5, 5.41) is 0. The van der Waals surface area contributed by atoms with Gasteiger partial charge in [0.25, 0.3) is 0 Å². The molecule has 4 heteroatoms. The Morgan fingerprint density at radius 3 is 2.57 bits per heavy atom. The Hall–Kier alpha value is -1.54. The van der Waals surface area contributed by atoms with Gasteiger partial charge in [-0.1, -0.05) is 17.7 Å². The van der Waals surface area contributed by atoms with Crippen LogP contribution in [0.1, 0.15) is 16.7 Å². The maximum Gasteiger partial charge on any atom is 0.379 e. The van der Waals surface area contributed by atoms with Crippen LogP contribution >= 0.6 is 0 Å². The third kappa shape index (κ3) is 2.03. The van der Waals surface area contributed by atoms with Crippen molar-refractivity contribution >= 4 is 6.08 Å². The predicted molar refractivity (Wildman–Crippen MR) is 47.9 cm³/mol. The maximum atomic E-state index is 13.2. The van der Waals surface area contributed by atoms with E-state index < -0.39 is 6.05 Å². The van der Waals surface area contributed by atoms with Gasteiger partial charge in [-0.2, -0.15) is 8.78 Å². The first kappa shape index (κ1) is 10.5. The first-order chi connectivity index (χ1) is 6.47. The van der Waals surface area contributed by atoms with E-state index in [2.05, 4.69) is 4.99 Å². The zero-order valence-corrected chi connectivity index (χ0v) is 7.84. The lowest BCUT2D eigenvalue weighted by Crippen LogP contribution is -2.11.